The molecule has 0 spiro atoms. The molecule has 0 aliphatic carbocycles. The Labute approximate surface area is 89.6 Å². The maximum absolute atomic E-state index is 5.56. The molecule has 15 heavy (non-hydrogen) atoms. The SMILES string of the molecule is [CH2]c1ccc(OCc2ccccn2)cc1. The highest BCUT2D eigenvalue weighted by atomic mass is 16.5. The van der Waals surface area contributed by atoms with Crippen LogP contribution >= 0.6 is 0 Å². The Bertz CT molecular complexity index is 408. The van der Waals surface area contributed by atoms with E-state index in [1.165, 1.54) is 0 Å². The fraction of sp³-hybridized carbons (Fsp3) is 0.0769. The van der Waals surface area contributed by atoms with Gasteiger partial charge in [0.25, 0.3) is 0 Å². The molecule has 0 atom stereocenters. The molecule has 0 saturated carbocycles. The Morgan fingerprint density at radius 2 is 1.87 bits per heavy atom. The number of pyridine rings is 1. The Balaban J connectivity index is 1.96. The Kier molecular flexibility index (Phi) is 2.98. The fourth-order valence-corrected chi connectivity index (χ4v) is 1.23. The van der Waals surface area contributed by atoms with Gasteiger partial charge in [0.2, 0.25) is 0 Å². The van der Waals surface area contributed by atoms with Crippen LogP contribution in [0.25, 0.3) is 0 Å². The predicted octanol–water partition coefficient (Wildman–Crippen LogP) is 2.84. The summed E-state index contributed by atoms with van der Waals surface area (Å²) < 4.78 is 5.56. The summed E-state index contributed by atoms with van der Waals surface area (Å²) in [6.45, 7) is 4.31. The molecular formula is C13H12NO. The highest BCUT2D eigenvalue weighted by Gasteiger charge is 1.95. The quantitative estimate of drug-likeness (QED) is 0.756. The molecule has 0 saturated heterocycles. The molecule has 2 aromatic rings. The van der Waals surface area contributed by atoms with E-state index < -0.39 is 0 Å². The van der Waals surface area contributed by atoms with Gasteiger partial charge in [-0.05, 0) is 36.8 Å². The highest BCUT2D eigenvalue weighted by Crippen LogP contribution is 2.12. The van der Waals surface area contributed by atoms with Crippen LogP contribution in [0.15, 0.2) is 48.7 Å². The molecule has 0 unspecified atom stereocenters. The minimum Gasteiger partial charge on any atom is -0.487 e. The minimum absolute atomic E-state index is 0.497. The first kappa shape index (κ1) is 9.71. The van der Waals surface area contributed by atoms with Gasteiger partial charge in [-0.15, -0.1) is 0 Å². The van der Waals surface area contributed by atoms with Crippen LogP contribution in [0.1, 0.15) is 11.3 Å². The van der Waals surface area contributed by atoms with Crippen molar-refractivity contribution in [1.29, 1.82) is 0 Å². The smallest absolute Gasteiger partial charge is 0.130 e. The minimum atomic E-state index is 0.497. The normalized spacial score (nSPS) is 9.93. The second-order valence-corrected chi connectivity index (χ2v) is 3.25. The average molecular weight is 198 g/mol. The van der Waals surface area contributed by atoms with Crippen LogP contribution < -0.4 is 4.74 Å². The standard InChI is InChI=1S/C13H12NO/c1-11-5-7-13(8-6-11)15-10-12-4-2-3-9-14-12/h2-9H,1,10H2. The van der Waals surface area contributed by atoms with E-state index in [1.807, 2.05) is 42.5 Å². The highest BCUT2D eigenvalue weighted by molar-refractivity contribution is 5.28. The van der Waals surface area contributed by atoms with E-state index in [0.29, 0.717) is 6.61 Å². The lowest BCUT2D eigenvalue weighted by Crippen LogP contribution is -1.97. The molecule has 2 nitrogen and oxygen atoms in total. The van der Waals surface area contributed by atoms with E-state index in [4.69, 9.17) is 4.74 Å². The number of benzene rings is 1. The molecule has 2 heteroatoms. The molecule has 0 amide bonds. The molecule has 1 heterocycles. The maximum Gasteiger partial charge on any atom is 0.130 e. The summed E-state index contributed by atoms with van der Waals surface area (Å²) >= 11 is 0. The van der Waals surface area contributed by atoms with Gasteiger partial charge >= 0.3 is 0 Å². The number of ether oxygens (including phenoxy) is 1. The van der Waals surface area contributed by atoms with Crippen LogP contribution in [0.4, 0.5) is 0 Å². The zero-order valence-corrected chi connectivity index (χ0v) is 8.39. The molecule has 0 aliphatic heterocycles. The van der Waals surface area contributed by atoms with Crippen molar-refractivity contribution in [2.75, 3.05) is 0 Å². The van der Waals surface area contributed by atoms with Crippen molar-refractivity contribution < 1.29 is 4.74 Å². The number of aromatic nitrogens is 1. The molecule has 0 N–H and O–H groups in total. The molecule has 1 aromatic heterocycles. The predicted molar refractivity (Wildman–Crippen MR) is 59.5 cm³/mol. The van der Waals surface area contributed by atoms with Crippen LogP contribution in [0.3, 0.4) is 0 Å². The molecule has 2 rings (SSSR count). The average Bonchev–Trinajstić information content (AvgIpc) is 2.30. The zero-order valence-electron chi connectivity index (χ0n) is 8.39. The van der Waals surface area contributed by atoms with Gasteiger partial charge < -0.3 is 4.74 Å². The van der Waals surface area contributed by atoms with E-state index in [9.17, 15) is 0 Å². The molecule has 1 aromatic carbocycles. The van der Waals surface area contributed by atoms with Crippen LogP contribution in [-0.4, -0.2) is 4.98 Å². The Morgan fingerprint density at radius 3 is 2.53 bits per heavy atom. The largest absolute Gasteiger partial charge is 0.487 e. The van der Waals surface area contributed by atoms with E-state index in [1.54, 1.807) is 6.20 Å². The van der Waals surface area contributed by atoms with Gasteiger partial charge in [-0.2, -0.15) is 0 Å². The fourth-order valence-electron chi connectivity index (χ4n) is 1.23. The van der Waals surface area contributed by atoms with E-state index in [-0.39, 0.29) is 0 Å². The third kappa shape index (κ3) is 2.81. The molecule has 0 aliphatic rings. The number of hydrogen-bond donors (Lipinski definition) is 0. The summed E-state index contributed by atoms with van der Waals surface area (Å²) in [7, 11) is 0. The van der Waals surface area contributed by atoms with Gasteiger partial charge in [0.1, 0.15) is 12.4 Å². The van der Waals surface area contributed by atoms with Crippen LogP contribution in [0.5, 0.6) is 5.75 Å². The van der Waals surface area contributed by atoms with Crippen LogP contribution in [0.2, 0.25) is 0 Å². The lowest BCUT2D eigenvalue weighted by atomic mass is 10.2. The number of rotatable bonds is 3. The van der Waals surface area contributed by atoms with Crippen molar-refractivity contribution in [2.24, 2.45) is 0 Å². The molecule has 75 valence electrons. The summed E-state index contributed by atoms with van der Waals surface area (Å²) in [5, 5.41) is 0. The molecule has 0 bridgehead atoms. The third-order valence-corrected chi connectivity index (χ3v) is 2.04. The summed E-state index contributed by atoms with van der Waals surface area (Å²) in [6, 6.07) is 13.4. The lowest BCUT2D eigenvalue weighted by Gasteiger charge is -2.05. The second-order valence-electron chi connectivity index (χ2n) is 3.25. The third-order valence-electron chi connectivity index (χ3n) is 2.04. The Hall–Kier alpha value is -1.83. The molecular weight excluding hydrogens is 186 g/mol. The van der Waals surface area contributed by atoms with E-state index >= 15 is 0 Å². The van der Waals surface area contributed by atoms with Crippen molar-refractivity contribution in [3.05, 3.63) is 66.8 Å². The van der Waals surface area contributed by atoms with Crippen LogP contribution in [-0.2, 0) is 6.61 Å². The monoisotopic (exact) mass is 198 g/mol. The van der Waals surface area contributed by atoms with Crippen molar-refractivity contribution in [2.45, 2.75) is 6.61 Å². The van der Waals surface area contributed by atoms with Gasteiger partial charge in [0, 0.05) is 6.20 Å². The number of hydrogen-bond acceptors (Lipinski definition) is 2. The van der Waals surface area contributed by atoms with E-state index in [0.717, 1.165) is 17.0 Å². The van der Waals surface area contributed by atoms with E-state index in [2.05, 4.69) is 11.9 Å². The summed E-state index contributed by atoms with van der Waals surface area (Å²) in [5.41, 5.74) is 1.91. The van der Waals surface area contributed by atoms with Gasteiger partial charge in [-0.3, -0.25) is 4.98 Å². The van der Waals surface area contributed by atoms with Gasteiger partial charge in [-0.25, -0.2) is 0 Å². The first-order valence-corrected chi connectivity index (χ1v) is 4.79. The molecule has 0 fully saturated rings. The zero-order chi connectivity index (χ0) is 10.5. The van der Waals surface area contributed by atoms with Crippen molar-refractivity contribution in [1.82, 2.24) is 4.98 Å². The van der Waals surface area contributed by atoms with Crippen molar-refractivity contribution in [3.8, 4) is 5.75 Å². The van der Waals surface area contributed by atoms with Crippen molar-refractivity contribution in [3.63, 3.8) is 0 Å². The first-order chi connectivity index (χ1) is 7.34. The summed E-state index contributed by atoms with van der Waals surface area (Å²) in [4.78, 5) is 4.17. The topological polar surface area (TPSA) is 22.1 Å². The summed E-state index contributed by atoms with van der Waals surface area (Å²) in [5.74, 6) is 0.841. The number of nitrogens with zero attached hydrogens (tertiary/aromatic N) is 1. The van der Waals surface area contributed by atoms with Crippen molar-refractivity contribution >= 4 is 0 Å². The summed E-state index contributed by atoms with van der Waals surface area (Å²) in [6.07, 6.45) is 1.76. The second kappa shape index (κ2) is 4.60. The van der Waals surface area contributed by atoms with Crippen LogP contribution in [0, 0.1) is 6.92 Å². The maximum atomic E-state index is 5.56. The van der Waals surface area contributed by atoms with Gasteiger partial charge in [0.05, 0.1) is 5.69 Å². The first-order valence-electron chi connectivity index (χ1n) is 4.79. The van der Waals surface area contributed by atoms with Gasteiger partial charge in [-0.1, -0.05) is 18.2 Å². The molecule has 1 radical (unpaired) electrons. The lowest BCUT2D eigenvalue weighted by molar-refractivity contribution is 0.301. The van der Waals surface area contributed by atoms with Gasteiger partial charge in [0.15, 0.2) is 0 Å². The Morgan fingerprint density at radius 1 is 1.07 bits per heavy atom.